The van der Waals surface area contributed by atoms with Crippen LogP contribution in [0.4, 0.5) is 0 Å². The van der Waals surface area contributed by atoms with Gasteiger partial charge in [-0.3, -0.25) is 0 Å². The average Bonchev–Trinajstić information content (AvgIpc) is 2.74. The lowest BCUT2D eigenvalue weighted by Gasteiger charge is -2.38. The second-order valence-electron chi connectivity index (χ2n) is 6.88. The summed E-state index contributed by atoms with van der Waals surface area (Å²) in [7, 11) is 1.64. The van der Waals surface area contributed by atoms with Crippen molar-refractivity contribution in [2.24, 2.45) is 0 Å². The smallest absolute Gasteiger partial charge is 0.118 e. The molecular formula is C23H28O5. The van der Waals surface area contributed by atoms with E-state index in [0.717, 1.165) is 16.9 Å². The minimum atomic E-state index is -0.629. The van der Waals surface area contributed by atoms with Crippen LogP contribution in [-0.2, 0) is 27.4 Å². The van der Waals surface area contributed by atoms with Crippen LogP contribution < -0.4 is 4.74 Å². The normalized spacial score (nSPS) is 24.6. The Morgan fingerprint density at radius 1 is 1.07 bits per heavy atom. The van der Waals surface area contributed by atoms with Gasteiger partial charge in [-0.2, -0.15) is 0 Å². The lowest BCUT2D eigenvalue weighted by Crippen LogP contribution is -2.49. The number of hydrogen-bond acceptors (Lipinski definition) is 5. The molecule has 1 saturated heterocycles. The fourth-order valence-corrected chi connectivity index (χ4v) is 3.23. The van der Waals surface area contributed by atoms with Crippen LogP contribution in [0.15, 0.2) is 67.3 Å². The van der Waals surface area contributed by atoms with Gasteiger partial charge in [-0.15, -0.1) is 6.58 Å². The third-order valence-corrected chi connectivity index (χ3v) is 4.85. The summed E-state index contributed by atoms with van der Waals surface area (Å²) in [4.78, 5) is 0. The van der Waals surface area contributed by atoms with Crippen LogP contribution in [0.3, 0.4) is 0 Å². The van der Waals surface area contributed by atoms with Crippen LogP contribution in [0, 0.1) is 0 Å². The third kappa shape index (κ3) is 5.66. The summed E-state index contributed by atoms with van der Waals surface area (Å²) in [5.41, 5.74) is 2.14. The van der Waals surface area contributed by atoms with Gasteiger partial charge in [0.1, 0.15) is 18.0 Å². The minimum absolute atomic E-state index is 0.248. The quantitative estimate of drug-likeness (QED) is 0.671. The van der Waals surface area contributed by atoms with E-state index in [0.29, 0.717) is 26.2 Å². The average molecular weight is 384 g/mol. The van der Waals surface area contributed by atoms with Crippen LogP contribution in [0.5, 0.6) is 5.75 Å². The van der Waals surface area contributed by atoms with Crippen molar-refractivity contribution in [2.45, 2.75) is 44.1 Å². The Morgan fingerprint density at radius 3 is 2.46 bits per heavy atom. The van der Waals surface area contributed by atoms with Crippen molar-refractivity contribution in [3.8, 4) is 5.75 Å². The lowest BCUT2D eigenvalue weighted by molar-refractivity contribution is -0.189. The molecule has 0 saturated carbocycles. The van der Waals surface area contributed by atoms with Crippen molar-refractivity contribution in [3.05, 3.63) is 78.4 Å². The molecule has 2 aromatic rings. The minimum Gasteiger partial charge on any atom is -0.497 e. The van der Waals surface area contributed by atoms with E-state index in [1.807, 2.05) is 54.6 Å². The Balaban J connectivity index is 1.56. The number of hydrogen-bond donors (Lipinski definition) is 1. The number of aliphatic hydroxyl groups is 1. The van der Waals surface area contributed by atoms with Crippen molar-refractivity contribution in [1.29, 1.82) is 0 Å². The Bertz CT molecular complexity index is 716. The molecular weight excluding hydrogens is 356 g/mol. The van der Waals surface area contributed by atoms with Gasteiger partial charge >= 0.3 is 0 Å². The molecule has 0 unspecified atom stereocenters. The van der Waals surface area contributed by atoms with Gasteiger partial charge in [0.2, 0.25) is 0 Å². The van der Waals surface area contributed by atoms with Crippen LogP contribution >= 0.6 is 0 Å². The maximum Gasteiger partial charge on any atom is 0.118 e. The van der Waals surface area contributed by atoms with E-state index in [9.17, 15) is 5.11 Å². The number of methoxy groups -OCH3 is 1. The maximum absolute atomic E-state index is 10.3. The van der Waals surface area contributed by atoms with E-state index in [-0.39, 0.29) is 12.2 Å². The number of ether oxygens (including phenoxy) is 4. The number of benzene rings is 2. The Labute approximate surface area is 166 Å². The highest BCUT2D eigenvalue weighted by molar-refractivity contribution is 5.26. The summed E-state index contributed by atoms with van der Waals surface area (Å²) in [6.45, 7) is 5.07. The largest absolute Gasteiger partial charge is 0.497 e. The van der Waals surface area contributed by atoms with Gasteiger partial charge in [0.05, 0.1) is 39.1 Å². The molecule has 0 aliphatic carbocycles. The SMILES string of the molecule is C=C[C@@H]1O[C@H](COCc2ccc(OC)cc2)[C@@H](OCc2ccccc2)C[C@H]1O. The Morgan fingerprint density at radius 2 is 1.79 bits per heavy atom. The Kier molecular flexibility index (Phi) is 7.62. The zero-order valence-corrected chi connectivity index (χ0v) is 16.2. The molecule has 1 fully saturated rings. The molecule has 4 atom stereocenters. The topological polar surface area (TPSA) is 57.2 Å². The summed E-state index contributed by atoms with van der Waals surface area (Å²) in [6.07, 6.45) is 0.562. The molecule has 1 N–H and O–H groups in total. The predicted octanol–water partition coefficient (Wildman–Crippen LogP) is 3.50. The Hall–Kier alpha value is -2.18. The van der Waals surface area contributed by atoms with Gasteiger partial charge in [0.25, 0.3) is 0 Å². The molecule has 5 nitrogen and oxygen atoms in total. The zero-order chi connectivity index (χ0) is 19.8. The summed E-state index contributed by atoms with van der Waals surface area (Å²) in [6, 6.07) is 17.7. The number of rotatable bonds is 9. The van der Waals surface area contributed by atoms with Gasteiger partial charge in [-0.1, -0.05) is 48.5 Å². The van der Waals surface area contributed by atoms with Crippen LogP contribution in [-0.4, -0.2) is 43.2 Å². The zero-order valence-electron chi connectivity index (χ0n) is 16.2. The second-order valence-corrected chi connectivity index (χ2v) is 6.88. The predicted molar refractivity (Wildman–Crippen MR) is 107 cm³/mol. The van der Waals surface area contributed by atoms with E-state index in [1.165, 1.54) is 0 Å². The lowest BCUT2D eigenvalue weighted by atomic mass is 9.98. The molecule has 3 rings (SSSR count). The maximum atomic E-state index is 10.3. The molecule has 2 aromatic carbocycles. The van der Waals surface area contributed by atoms with E-state index in [2.05, 4.69) is 6.58 Å². The van der Waals surface area contributed by atoms with Gasteiger partial charge in [0, 0.05) is 6.42 Å². The van der Waals surface area contributed by atoms with Crippen molar-refractivity contribution in [3.63, 3.8) is 0 Å². The highest BCUT2D eigenvalue weighted by Gasteiger charge is 2.36. The van der Waals surface area contributed by atoms with E-state index < -0.39 is 12.2 Å². The van der Waals surface area contributed by atoms with Gasteiger partial charge < -0.3 is 24.1 Å². The highest BCUT2D eigenvalue weighted by Crippen LogP contribution is 2.25. The summed E-state index contributed by atoms with van der Waals surface area (Å²) in [5.74, 6) is 0.816. The first-order valence-electron chi connectivity index (χ1n) is 9.52. The highest BCUT2D eigenvalue weighted by atomic mass is 16.6. The van der Waals surface area contributed by atoms with Crippen molar-refractivity contribution < 1.29 is 24.1 Å². The monoisotopic (exact) mass is 384 g/mol. The molecule has 28 heavy (non-hydrogen) atoms. The third-order valence-electron chi connectivity index (χ3n) is 4.85. The molecule has 0 radical (unpaired) electrons. The van der Waals surface area contributed by atoms with Crippen LogP contribution in [0.2, 0.25) is 0 Å². The molecule has 1 aliphatic rings. The second kappa shape index (κ2) is 10.4. The van der Waals surface area contributed by atoms with Crippen LogP contribution in [0.1, 0.15) is 17.5 Å². The van der Waals surface area contributed by atoms with Crippen molar-refractivity contribution in [2.75, 3.05) is 13.7 Å². The van der Waals surface area contributed by atoms with E-state index >= 15 is 0 Å². The molecule has 150 valence electrons. The van der Waals surface area contributed by atoms with Gasteiger partial charge in [-0.25, -0.2) is 0 Å². The summed E-state index contributed by atoms with van der Waals surface area (Å²) < 4.78 is 23.1. The van der Waals surface area contributed by atoms with E-state index in [4.69, 9.17) is 18.9 Å². The molecule has 0 spiro atoms. The fraction of sp³-hybridized carbons (Fsp3) is 0.391. The van der Waals surface area contributed by atoms with Crippen molar-refractivity contribution in [1.82, 2.24) is 0 Å². The fourth-order valence-electron chi connectivity index (χ4n) is 3.23. The van der Waals surface area contributed by atoms with Gasteiger partial charge in [-0.05, 0) is 23.3 Å². The number of aliphatic hydroxyl groups excluding tert-OH is 1. The summed E-state index contributed by atoms with van der Waals surface area (Å²) in [5, 5.41) is 10.3. The molecule has 0 amide bonds. The van der Waals surface area contributed by atoms with Gasteiger partial charge in [0.15, 0.2) is 0 Å². The van der Waals surface area contributed by atoms with E-state index in [1.54, 1.807) is 13.2 Å². The first-order chi connectivity index (χ1) is 13.7. The van der Waals surface area contributed by atoms with Crippen molar-refractivity contribution >= 4 is 0 Å². The summed E-state index contributed by atoms with van der Waals surface area (Å²) >= 11 is 0. The molecule has 0 aromatic heterocycles. The molecule has 5 heteroatoms. The van der Waals surface area contributed by atoms with Crippen LogP contribution in [0.25, 0.3) is 0 Å². The first-order valence-corrected chi connectivity index (χ1v) is 9.52. The molecule has 1 heterocycles. The first kappa shape index (κ1) is 20.6. The molecule has 0 bridgehead atoms. The standard InChI is InChI=1S/C23H28O5/c1-3-21-20(24)13-22(27-15-17-7-5-4-6-8-17)23(28-21)16-26-14-18-9-11-19(25-2)12-10-18/h3-12,20-24H,1,13-16H2,2H3/t20-,21+,22+,23-/m1/s1. The molecule has 1 aliphatic heterocycles.